The molecule has 0 aliphatic carbocycles. The van der Waals surface area contributed by atoms with Gasteiger partial charge in [0.2, 0.25) is 0 Å². The molecular formula is C7H20N2O7P2. The van der Waals surface area contributed by atoms with Crippen molar-refractivity contribution in [2.75, 3.05) is 19.3 Å². The van der Waals surface area contributed by atoms with Gasteiger partial charge in [0.15, 0.2) is 0 Å². The highest BCUT2D eigenvalue weighted by molar-refractivity contribution is 7.53. The Kier molecular flexibility index (Phi) is 7.77. The molecule has 0 saturated heterocycles. The van der Waals surface area contributed by atoms with Crippen molar-refractivity contribution in [3.63, 3.8) is 0 Å². The lowest BCUT2D eigenvalue weighted by molar-refractivity contribution is 0.257. The average molecular weight is 306 g/mol. The van der Waals surface area contributed by atoms with Gasteiger partial charge in [-0.3, -0.25) is 14.4 Å². The summed E-state index contributed by atoms with van der Waals surface area (Å²) < 4.78 is 21.9. The van der Waals surface area contributed by atoms with E-state index in [2.05, 4.69) is 5.32 Å². The largest absolute Gasteiger partial charge is 0.396 e. The van der Waals surface area contributed by atoms with E-state index < -0.39 is 33.2 Å². The van der Waals surface area contributed by atoms with Gasteiger partial charge in [0, 0.05) is 19.2 Å². The van der Waals surface area contributed by atoms with Gasteiger partial charge in [0.05, 0.1) is 6.16 Å². The lowest BCUT2D eigenvalue weighted by Crippen LogP contribution is -2.43. The first kappa shape index (κ1) is 18.2. The SMILES string of the molecule is NCC(CCO)NC(CCP(=O)(O)O)P(=O)(O)O. The van der Waals surface area contributed by atoms with E-state index in [1.54, 1.807) is 0 Å². The summed E-state index contributed by atoms with van der Waals surface area (Å²) in [6.45, 7) is -0.159. The van der Waals surface area contributed by atoms with Crippen molar-refractivity contribution in [1.82, 2.24) is 5.32 Å². The maximum absolute atomic E-state index is 11.2. The molecular weight excluding hydrogens is 286 g/mol. The van der Waals surface area contributed by atoms with E-state index >= 15 is 0 Å². The van der Waals surface area contributed by atoms with Crippen LogP contribution in [-0.4, -0.2) is 55.8 Å². The molecule has 9 nitrogen and oxygen atoms in total. The molecule has 0 aliphatic heterocycles. The lowest BCUT2D eigenvalue weighted by atomic mass is 10.2. The van der Waals surface area contributed by atoms with Gasteiger partial charge in [0.1, 0.15) is 5.78 Å². The van der Waals surface area contributed by atoms with E-state index in [9.17, 15) is 9.13 Å². The van der Waals surface area contributed by atoms with Crippen molar-refractivity contribution in [1.29, 1.82) is 0 Å². The van der Waals surface area contributed by atoms with E-state index in [0.717, 1.165) is 0 Å². The van der Waals surface area contributed by atoms with Crippen molar-refractivity contribution in [2.24, 2.45) is 5.73 Å². The summed E-state index contributed by atoms with van der Waals surface area (Å²) >= 11 is 0. The Labute approximate surface area is 105 Å². The first-order valence-electron chi connectivity index (χ1n) is 5.27. The minimum Gasteiger partial charge on any atom is -0.396 e. The van der Waals surface area contributed by atoms with Crippen LogP contribution in [0.25, 0.3) is 0 Å². The van der Waals surface area contributed by atoms with Crippen LogP contribution in [0.3, 0.4) is 0 Å². The third-order valence-corrected chi connectivity index (χ3v) is 4.35. The highest BCUT2D eigenvalue weighted by Crippen LogP contribution is 2.45. The molecule has 0 bridgehead atoms. The molecule has 18 heavy (non-hydrogen) atoms. The molecule has 0 aromatic heterocycles. The van der Waals surface area contributed by atoms with E-state index in [-0.39, 0.29) is 26.0 Å². The van der Waals surface area contributed by atoms with Gasteiger partial charge in [-0.25, -0.2) is 0 Å². The van der Waals surface area contributed by atoms with Gasteiger partial charge in [0.25, 0.3) is 0 Å². The van der Waals surface area contributed by atoms with Crippen LogP contribution < -0.4 is 11.1 Å². The molecule has 0 aliphatic rings. The maximum Gasteiger partial charge on any atom is 0.342 e. The second-order valence-electron chi connectivity index (χ2n) is 3.89. The van der Waals surface area contributed by atoms with Crippen molar-refractivity contribution in [2.45, 2.75) is 24.7 Å². The number of aliphatic hydroxyl groups is 1. The molecule has 0 aromatic carbocycles. The van der Waals surface area contributed by atoms with Gasteiger partial charge in [-0.15, -0.1) is 0 Å². The summed E-state index contributed by atoms with van der Waals surface area (Å²) in [7, 11) is -8.86. The normalized spacial score (nSPS) is 16.6. The molecule has 0 amide bonds. The smallest absolute Gasteiger partial charge is 0.342 e. The van der Waals surface area contributed by atoms with E-state index in [0.29, 0.717) is 0 Å². The van der Waals surface area contributed by atoms with Crippen LogP contribution in [0, 0.1) is 0 Å². The first-order chi connectivity index (χ1) is 8.10. The summed E-state index contributed by atoms with van der Waals surface area (Å²) in [6.07, 6.45) is -0.814. The van der Waals surface area contributed by atoms with Crippen LogP contribution >= 0.6 is 15.2 Å². The zero-order valence-corrected chi connectivity index (χ0v) is 11.5. The van der Waals surface area contributed by atoms with E-state index in [4.69, 9.17) is 30.4 Å². The van der Waals surface area contributed by atoms with Gasteiger partial charge in [-0.2, -0.15) is 0 Å². The highest BCUT2D eigenvalue weighted by Gasteiger charge is 2.32. The molecule has 0 spiro atoms. The molecule has 11 heteroatoms. The van der Waals surface area contributed by atoms with Gasteiger partial charge in [-0.05, 0) is 12.8 Å². The molecule has 0 radical (unpaired) electrons. The summed E-state index contributed by atoms with van der Waals surface area (Å²) in [5.74, 6) is -1.38. The van der Waals surface area contributed by atoms with Crippen molar-refractivity contribution in [3.05, 3.63) is 0 Å². The van der Waals surface area contributed by atoms with Crippen LogP contribution in [0.1, 0.15) is 12.8 Å². The molecule has 2 atom stereocenters. The Morgan fingerprint density at radius 3 is 2.00 bits per heavy atom. The van der Waals surface area contributed by atoms with Crippen LogP contribution in [-0.2, 0) is 9.13 Å². The highest BCUT2D eigenvalue weighted by atomic mass is 31.2. The van der Waals surface area contributed by atoms with Crippen LogP contribution in [0.2, 0.25) is 0 Å². The number of nitrogens with two attached hydrogens (primary N) is 1. The molecule has 2 unspecified atom stereocenters. The van der Waals surface area contributed by atoms with Gasteiger partial charge < -0.3 is 30.4 Å². The monoisotopic (exact) mass is 306 g/mol. The third-order valence-electron chi connectivity index (χ3n) is 2.29. The fourth-order valence-corrected chi connectivity index (χ4v) is 3.00. The molecule has 8 N–H and O–H groups in total. The summed E-state index contributed by atoms with van der Waals surface area (Å²) in [6, 6.07) is -0.524. The second-order valence-corrected chi connectivity index (χ2v) is 7.47. The van der Waals surface area contributed by atoms with Gasteiger partial charge in [-0.1, -0.05) is 0 Å². The van der Waals surface area contributed by atoms with Crippen molar-refractivity contribution in [3.8, 4) is 0 Å². The molecule has 0 fully saturated rings. The van der Waals surface area contributed by atoms with E-state index in [1.165, 1.54) is 0 Å². The first-order valence-corrected chi connectivity index (χ1v) is 8.75. The summed E-state index contributed by atoms with van der Waals surface area (Å²) in [5.41, 5.74) is 5.35. The Morgan fingerprint density at radius 1 is 1.11 bits per heavy atom. The summed E-state index contributed by atoms with van der Waals surface area (Å²) in [4.78, 5) is 35.5. The molecule has 110 valence electrons. The molecule has 0 aromatic rings. The zero-order valence-electron chi connectivity index (χ0n) is 9.71. The average Bonchev–Trinajstić information content (AvgIpc) is 2.19. The minimum atomic E-state index is -4.54. The van der Waals surface area contributed by atoms with Gasteiger partial charge >= 0.3 is 15.2 Å². The van der Waals surface area contributed by atoms with Crippen LogP contribution in [0.5, 0.6) is 0 Å². The zero-order chi connectivity index (χ0) is 14.4. The predicted molar refractivity (Wildman–Crippen MR) is 65.0 cm³/mol. The Morgan fingerprint density at radius 2 is 1.67 bits per heavy atom. The number of hydrogen-bond acceptors (Lipinski definition) is 5. The van der Waals surface area contributed by atoms with Crippen molar-refractivity contribution < 1.29 is 33.8 Å². The Bertz CT molecular complexity index is 328. The number of aliphatic hydroxyl groups excluding tert-OH is 1. The second kappa shape index (κ2) is 7.69. The van der Waals surface area contributed by atoms with Crippen molar-refractivity contribution >= 4 is 15.2 Å². The number of nitrogens with one attached hydrogen (secondary N) is 1. The summed E-state index contributed by atoms with van der Waals surface area (Å²) in [5, 5.41) is 11.3. The van der Waals surface area contributed by atoms with Crippen LogP contribution in [0.4, 0.5) is 0 Å². The molecule has 0 heterocycles. The molecule has 0 rings (SSSR count). The predicted octanol–water partition coefficient (Wildman–Crippen LogP) is -1.64. The standard InChI is InChI=1S/C7H20N2O7P2/c8-5-6(1-3-10)9-7(18(14,15)16)2-4-17(11,12)13/h6-7,9-10H,1-5,8H2,(H2,11,12,13)(H2,14,15,16). The fourth-order valence-electron chi connectivity index (χ4n) is 1.34. The maximum atomic E-state index is 11.2. The topological polar surface area (TPSA) is 173 Å². The minimum absolute atomic E-state index is 0.0486. The molecule has 0 saturated carbocycles. The Balaban J connectivity index is 4.60. The number of rotatable bonds is 9. The lowest BCUT2D eigenvalue weighted by Gasteiger charge is -2.25. The van der Waals surface area contributed by atoms with Crippen LogP contribution in [0.15, 0.2) is 0 Å². The van der Waals surface area contributed by atoms with E-state index in [1.807, 2.05) is 0 Å². The quantitative estimate of drug-likeness (QED) is 0.246. The third kappa shape index (κ3) is 8.31. The number of hydrogen-bond donors (Lipinski definition) is 7. The fraction of sp³-hybridized carbons (Fsp3) is 1.00. The Hall–Kier alpha value is 0.180.